The van der Waals surface area contributed by atoms with Gasteiger partial charge in [0.15, 0.2) is 0 Å². The highest BCUT2D eigenvalue weighted by Gasteiger charge is 2.38. The molecule has 0 radical (unpaired) electrons. The third-order valence-electron chi connectivity index (χ3n) is 3.79. The zero-order valence-electron chi connectivity index (χ0n) is 14.0. The van der Waals surface area contributed by atoms with Crippen molar-refractivity contribution in [1.82, 2.24) is 10.2 Å². The van der Waals surface area contributed by atoms with Gasteiger partial charge in [-0.3, -0.25) is 19.3 Å². The summed E-state index contributed by atoms with van der Waals surface area (Å²) in [4.78, 5) is 37.4. The molecule has 2 N–H and O–H groups in total. The van der Waals surface area contributed by atoms with Gasteiger partial charge in [0.2, 0.25) is 5.91 Å². The molecule has 25 heavy (non-hydrogen) atoms. The molecule has 1 aromatic carbocycles. The molecular weight excluding hydrogens is 360 g/mol. The van der Waals surface area contributed by atoms with E-state index in [2.05, 4.69) is 5.32 Å². The lowest BCUT2D eigenvalue weighted by Gasteiger charge is -2.23. The summed E-state index contributed by atoms with van der Waals surface area (Å²) < 4.78 is 0.274. The van der Waals surface area contributed by atoms with Gasteiger partial charge in [0.1, 0.15) is 16.4 Å². The lowest BCUT2D eigenvalue weighted by atomic mass is 10.1. The van der Waals surface area contributed by atoms with Gasteiger partial charge in [-0.05, 0) is 38.0 Å². The second kappa shape index (κ2) is 7.79. The Hall–Kier alpha value is -2.19. The number of carboxylic acids is 1. The SMILES string of the molecule is Cc1ccccc1/C=C1\SC(=S)N(C(C)C(=O)NC(C)C(=O)O)C1=O. The predicted molar refractivity (Wildman–Crippen MR) is 101 cm³/mol. The third-order valence-corrected chi connectivity index (χ3v) is 5.12. The van der Waals surface area contributed by atoms with Crippen LogP contribution in [0.15, 0.2) is 29.2 Å². The molecule has 1 fully saturated rings. The Bertz CT molecular complexity index is 776. The van der Waals surface area contributed by atoms with Crippen molar-refractivity contribution in [2.75, 3.05) is 0 Å². The molecule has 132 valence electrons. The van der Waals surface area contributed by atoms with Crippen LogP contribution in [0.5, 0.6) is 0 Å². The summed E-state index contributed by atoms with van der Waals surface area (Å²) in [7, 11) is 0. The predicted octanol–water partition coefficient (Wildman–Crippen LogP) is 2.17. The second-order valence-corrected chi connectivity index (χ2v) is 7.33. The van der Waals surface area contributed by atoms with Gasteiger partial charge in [0.05, 0.1) is 4.91 Å². The summed E-state index contributed by atoms with van der Waals surface area (Å²) in [6.45, 7) is 4.82. The number of carbonyl (C=O) groups excluding carboxylic acids is 2. The Labute approximate surface area is 155 Å². The van der Waals surface area contributed by atoms with Crippen molar-refractivity contribution in [3.05, 3.63) is 40.3 Å². The first-order valence-electron chi connectivity index (χ1n) is 7.58. The van der Waals surface area contributed by atoms with Crippen molar-refractivity contribution >= 4 is 52.2 Å². The van der Waals surface area contributed by atoms with Crippen LogP contribution in [-0.2, 0) is 14.4 Å². The van der Waals surface area contributed by atoms with Crippen LogP contribution in [0.3, 0.4) is 0 Å². The van der Waals surface area contributed by atoms with Crippen molar-refractivity contribution in [1.29, 1.82) is 0 Å². The molecule has 1 heterocycles. The van der Waals surface area contributed by atoms with E-state index in [9.17, 15) is 14.4 Å². The standard InChI is InChI=1S/C17H18N2O4S2/c1-9-6-4-5-7-12(9)8-13-15(21)19(17(24)25-13)11(3)14(20)18-10(2)16(22)23/h4-8,10-11H,1-3H3,(H,18,20)(H,22,23)/b13-8-. The van der Waals surface area contributed by atoms with Gasteiger partial charge in [-0.1, -0.05) is 48.2 Å². The van der Waals surface area contributed by atoms with E-state index < -0.39 is 24.0 Å². The van der Waals surface area contributed by atoms with E-state index >= 15 is 0 Å². The van der Waals surface area contributed by atoms with Crippen molar-refractivity contribution in [3.63, 3.8) is 0 Å². The van der Waals surface area contributed by atoms with Crippen LogP contribution in [0, 0.1) is 6.92 Å². The summed E-state index contributed by atoms with van der Waals surface area (Å²) in [5, 5.41) is 11.2. The number of benzene rings is 1. The smallest absolute Gasteiger partial charge is 0.325 e. The van der Waals surface area contributed by atoms with Gasteiger partial charge in [0, 0.05) is 0 Å². The van der Waals surface area contributed by atoms with Crippen LogP contribution in [0.1, 0.15) is 25.0 Å². The van der Waals surface area contributed by atoms with Crippen LogP contribution in [0.4, 0.5) is 0 Å². The molecule has 1 saturated heterocycles. The summed E-state index contributed by atoms with van der Waals surface area (Å²) in [6, 6.07) is 5.69. The fourth-order valence-corrected chi connectivity index (χ4v) is 3.63. The Morgan fingerprint density at radius 1 is 1.32 bits per heavy atom. The highest BCUT2D eigenvalue weighted by Crippen LogP contribution is 2.34. The number of nitrogens with zero attached hydrogens (tertiary/aromatic N) is 1. The zero-order chi connectivity index (χ0) is 18.7. The van der Waals surface area contributed by atoms with Crippen molar-refractivity contribution < 1.29 is 19.5 Å². The molecule has 0 bridgehead atoms. The topological polar surface area (TPSA) is 86.7 Å². The number of aliphatic carboxylic acids is 1. The molecule has 2 rings (SSSR count). The molecular formula is C17H18N2O4S2. The van der Waals surface area contributed by atoms with Crippen LogP contribution in [-0.4, -0.2) is 44.2 Å². The first-order valence-corrected chi connectivity index (χ1v) is 8.80. The quantitative estimate of drug-likeness (QED) is 0.603. The molecule has 0 spiro atoms. The van der Waals surface area contributed by atoms with Gasteiger partial charge >= 0.3 is 5.97 Å². The van der Waals surface area contributed by atoms with E-state index in [1.165, 1.54) is 18.7 Å². The van der Waals surface area contributed by atoms with Gasteiger partial charge in [-0.2, -0.15) is 0 Å². The number of carboxylic acid groups (broad SMARTS) is 1. The molecule has 8 heteroatoms. The van der Waals surface area contributed by atoms with Gasteiger partial charge in [-0.15, -0.1) is 0 Å². The van der Waals surface area contributed by atoms with Gasteiger partial charge < -0.3 is 10.4 Å². The number of nitrogens with one attached hydrogen (secondary N) is 1. The Balaban J connectivity index is 2.19. The molecule has 0 saturated carbocycles. The minimum absolute atomic E-state index is 0.274. The molecule has 0 aromatic heterocycles. The molecule has 2 amide bonds. The average Bonchev–Trinajstić information content (AvgIpc) is 2.82. The summed E-state index contributed by atoms with van der Waals surface area (Å²) in [5.41, 5.74) is 1.92. The number of hydrogen-bond acceptors (Lipinski definition) is 5. The van der Waals surface area contributed by atoms with E-state index in [0.717, 1.165) is 22.9 Å². The molecule has 2 atom stereocenters. The third kappa shape index (κ3) is 4.26. The molecule has 0 aliphatic carbocycles. The monoisotopic (exact) mass is 378 g/mol. The van der Waals surface area contributed by atoms with E-state index in [1.54, 1.807) is 6.08 Å². The van der Waals surface area contributed by atoms with Crippen LogP contribution >= 0.6 is 24.0 Å². The molecule has 6 nitrogen and oxygen atoms in total. The number of thiocarbonyl (C=S) groups is 1. The molecule has 1 aromatic rings. The van der Waals surface area contributed by atoms with Gasteiger partial charge in [0.25, 0.3) is 5.91 Å². The number of thioether (sulfide) groups is 1. The fourth-order valence-electron chi connectivity index (χ4n) is 2.22. The lowest BCUT2D eigenvalue weighted by Crippen LogP contribution is -2.50. The maximum Gasteiger partial charge on any atom is 0.325 e. The van der Waals surface area contributed by atoms with Crippen molar-refractivity contribution in [2.45, 2.75) is 32.9 Å². The summed E-state index contributed by atoms with van der Waals surface area (Å²) in [5.74, 6) is -2.07. The molecule has 1 aliphatic heterocycles. The van der Waals surface area contributed by atoms with Crippen LogP contribution in [0.25, 0.3) is 6.08 Å². The van der Waals surface area contributed by atoms with E-state index in [1.807, 2.05) is 31.2 Å². The van der Waals surface area contributed by atoms with E-state index in [0.29, 0.717) is 4.91 Å². The van der Waals surface area contributed by atoms with Crippen molar-refractivity contribution in [2.24, 2.45) is 0 Å². The van der Waals surface area contributed by atoms with Crippen molar-refractivity contribution in [3.8, 4) is 0 Å². The summed E-state index contributed by atoms with van der Waals surface area (Å²) in [6.07, 6.45) is 1.75. The lowest BCUT2D eigenvalue weighted by molar-refractivity contribution is -0.142. The van der Waals surface area contributed by atoms with Crippen LogP contribution in [0.2, 0.25) is 0 Å². The molecule has 1 aliphatic rings. The highest BCUT2D eigenvalue weighted by molar-refractivity contribution is 8.26. The number of carbonyl (C=O) groups is 3. The number of rotatable bonds is 5. The number of aryl methyl sites for hydroxylation is 1. The Kier molecular flexibility index (Phi) is 5.97. The fraction of sp³-hybridized carbons (Fsp3) is 0.294. The number of amides is 2. The minimum Gasteiger partial charge on any atom is -0.480 e. The first kappa shape index (κ1) is 19.1. The maximum atomic E-state index is 12.7. The Morgan fingerprint density at radius 3 is 2.56 bits per heavy atom. The summed E-state index contributed by atoms with van der Waals surface area (Å²) >= 11 is 6.36. The normalized spacial score (nSPS) is 18.4. The van der Waals surface area contributed by atoms with Gasteiger partial charge in [-0.25, -0.2) is 0 Å². The second-order valence-electron chi connectivity index (χ2n) is 5.65. The largest absolute Gasteiger partial charge is 0.480 e. The number of hydrogen-bond donors (Lipinski definition) is 2. The van der Waals surface area contributed by atoms with Crippen LogP contribution < -0.4 is 5.32 Å². The minimum atomic E-state index is -1.15. The zero-order valence-corrected chi connectivity index (χ0v) is 15.6. The Morgan fingerprint density at radius 2 is 1.96 bits per heavy atom. The highest BCUT2D eigenvalue weighted by atomic mass is 32.2. The van der Waals surface area contributed by atoms with E-state index in [-0.39, 0.29) is 10.2 Å². The maximum absolute atomic E-state index is 12.7. The van der Waals surface area contributed by atoms with E-state index in [4.69, 9.17) is 17.3 Å². The average molecular weight is 378 g/mol. The first-order chi connectivity index (χ1) is 11.7. The molecule has 2 unspecified atom stereocenters.